The molecule has 0 radical (unpaired) electrons. The summed E-state index contributed by atoms with van der Waals surface area (Å²) in [6.07, 6.45) is 0.984. The number of sulfonamides is 1. The van der Waals surface area contributed by atoms with Gasteiger partial charge in [0.15, 0.2) is 0 Å². The largest absolute Gasteiger partial charge is 0.289 e. The summed E-state index contributed by atoms with van der Waals surface area (Å²) in [5, 5.41) is 0. The zero-order chi connectivity index (χ0) is 20.5. The Balaban J connectivity index is 1.62. The van der Waals surface area contributed by atoms with Crippen LogP contribution in [0.2, 0.25) is 0 Å². The first-order valence-electron chi connectivity index (χ1n) is 9.54. The second-order valence-corrected chi connectivity index (χ2v) is 10.5. The lowest BCUT2D eigenvalue weighted by Gasteiger charge is -2.36. The van der Waals surface area contributed by atoms with Gasteiger partial charge in [-0.1, -0.05) is 35.8 Å². The summed E-state index contributed by atoms with van der Waals surface area (Å²) in [5.74, 6) is 0.153. The van der Waals surface area contributed by atoms with Crippen LogP contribution in [0.15, 0.2) is 33.6 Å². The third kappa shape index (κ3) is 4.48. The second kappa shape index (κ2) is 8.61. The van der Waals surface area contributed by atoms with Crippen LogP contribution in [0.5, 0.6) is 0 Å². The van der Waals surface area contributed by atoms with Crippen molar-refractivity contribution in [3.8, 4) is 0 Å². The number of halogens is 1. The Labute approximate surface area is 174 Å². The minimum Gasteiger partial charge on any atom is -0.289 e. The Morgan fingerprint density at radius 2 is 1.82 bits per heavy atom. The molecule has 0 spiro atoms. The number of benzene rings is 1. The van der Waals surface area contributed by atoms with Crippen LogP contribution in [-0.4, -0.2) is 73.1 Å². The van der Waals surface area contributed by atoms with Gasteiger partial charge in [0.1, 0.15) is 0 Å². The van der Waals surface area contributed by atoms with Gasteiger partial charge in [-0.2, -0.15) is 4.31 Å². The standard InChI is InChI=1S/C19H26BrN3O4S/c1-14(2)6-7-23-18(24)13-17(19(23)25)21-8-10-22(11-9-21)28(26,27)16-5-3-4-15(20)12-16/h3-5,12,14,17H,6-11,13H2,1-2H3/t17-/m0/s1. The van der Waals surface area contributed by atoms with Gasteiger partial charge in [0.05, 0.1) is 17.4 Å². The van der Waals surface area contributed by atoms with Crippen molar-refractivity contribution < 1.29 is 18.0 Å². The van der Waals surface area contributed by atoms with Crippen LogP contribution in [0, 0.1) is 5.92 Å². The number of hydrogen-bond acceptors (Lipinski definition) is 5. The maximum atomic E-state index is 12.8. The Morgan fingerprint density at radius 1 is 1.14 bits per heavy atom. The average molecular weight is 472 g/mol. The highest BCUT2D eigenvalue weighted by Gasteiger charge is 2.43. The van der Waals surface area contributed by atoms with Gasteiger partial charge >= 0.3 is 0 Å². The Morgan fingerprint density at radius 3 is 2.43 bits per heavy atom. The molecule has 7 nitrogen and oxygen atoms in total. The molecule has 154 valence electrons. The maximum absolute atomic E-state index is 12.8. The molecule has 0 aliphatic carbocycles. The molecule has 0 saturated carbocycles. The zero-order valence-electron chi connectivity index (χ0n) is 16.2. The first-order valence-corrected chi connectivity index (χ1v) is 11.8. The summed E-state index contributed by atoms with van der Waals surface area (Å²) < 4.78 is 27.8. The smallest absolute Gasteiger partial charge is 0.247 e. The lowest BCUT2D eigenvalue weighted by Crippen LogP contribution is -2.53. The number of likely N-dealkylation sites (tertiary alicyclic amines) is 1. The predicted octanol–water partition coefficient (Wildman–Crippen LogP) is 1.93. The summed E-state index contributed by atoms with van der Waals surface area (Å²) in [6, 6.07) is 6.19. The molecular weight excluding hydrogens is 446 g/mol. The van der Waals surface area contributed by atoms with E-state index in [1.165, 1.54) is 9.21 Å². The Kier molecular flexibility index (Phi) is 6.58. The first kappa shape index (κ1) is 21.4. The molecule has 2 aliphatic heterocycles. The van der Waals surface area contributed by atoms with Crippen LogP contribution in [-0.2, 0) is 19.6 Å². The third-order valence-corrected chi connectivity index (χ3v) is 7.69. The number of carbonyl (C=O) groups excluding carboxylic acids is 2. The minimum absolute atomic E-state index is 0.125. The predicted molar refractivity (Wildman–Crippen MR) is 109 cm³/mol. The van der Waals surface area contributed by atoms with E-state index in [-0.39, 0.29) is 23.1 Å². The third-order valence-electron chi connectivity index (χ3n) is 5.30. The van der Waals surface area contributed by atoms with Gasteiger partial charge in [0, 0.05) is 37.2 Å². The van der Waals surface area contributed by atoms with E-state index in [9.17, 15) is 18.0 Å². The lowest BCUT2D eigenvalue weighted by atomic mass is 10.1. The van der Waals surface area contributed by atoms with Gasteiger partial charge in [-0.15, -0.1) is 0 Å². The van der Waals surface area contributed by atoms with E-state index >= 15 is 0 Å². The van der Waals surface area contributed by atoms with Crippen molar-refractivity contribution in [2.75, 3.05) is 32.7 Å². The highest BCUT2D eigenvalue weighted by atomic mass is 79.9. The molecule has 2 heterocycles. The van der Waals surface area contributed by atoms with E-state index in [4.69, 9.17) is 0 Å². The van der Waals surface area contributed by atoms with Gasteiger partial charge in [-0.25, -0.2) is 8.42 Å². The van der Waals surface area contributed by atoms with Crippen molar-refractivity contribution in [2.45, 2.75) is 37.6 Å². The molecule has 0 bridgehead atoms. The average Bonchev–Trinajstić information content (AvgIpc) is 2.94. The van der Waals surface area contributed by atoms with E-state index < -0.39 is 16.1 Å². The van der Waals surface area contributed by atoms with E-state index in [1.807, 2.05) is 4.90 Å². The fourth-order valence-corrected chi connectivity index (χ4v) is 5.62. The van der Waals surface area contributed by atoms with Crippen LogP contribution in [0.4, 0.5) is 0 Å². The molecule has 2 amide bonds. The van der Waals surface area contributed by atoms with Gasteiger partial charge < -0.3 is 0 Å². The minimum atomic E-state index is -3.57. The van der Waals surface area contributed by atoms with Crippen LogP contribution in [0.3, 0.4) is 0 Å². The van der Waals surface area contributed by atoms with Crippen molar-refractivity contribution >= 4 is 37.8 Å². The molecule has 0 aromatic heterocycles. The summed E-state index contributed by atoms with van der Waals surface area (Å²) in [6.45, 7) is 6.07. The number of nitrogens with zero attached hydrogens (tertiary/aromatic N) is 3. The molecule has 0 unspecified atom stereocenters. The van der Waals surface area contributed by atoms with Crippen LogP contribution < -0.4 is 0 Å². The Hall–Kier alpha value is -1.29. The lowest BCUT2D eigenvalue weighted by molar-refractivity contribution is -0.140. The normalized spacial score (nSPS) is 22.4. The fourth-order valence-electron chi connectivity index (χ4n) is 3.61. The summed E-state index contributed by atoms with van der Waals surface area (Å²) in [5.41, 5.74) is 0. The topological polar surface area (TPSA) is 78.0 Å². The van der Waals surface area contributed by atoms with Gasteiger partial charge in [0.2, 0.25) is 21.8 Å². The fraction of sp³-hybridized carbons (Fsp3) is 0.579. The molecule has 2 aliphatic rings. The molecule has 1 aromatic rings. The van der Waals surface area contributed by atoms with Crippen molar-refractivity contribution in [1.82, 2.24) is 14.1 Å². The SMILES string of the molecule is CC(C)CCN1C(=O)C[C@H](N2CCN(S(=O)(=O)c3cccc(Br)c3)CC2)C1=O. The molecule has 28 heavy (non-hydrogen) atoms. The molecule has 1 aromatic carbocycles. The highest BCUT2D eigenvalue weighted by molar-refractivity contribution is 9.10. The summed E-state index contributed by atoms with van der Waals surface area (Å²) in [7, 11) is -3.57. The van der Waals surface area contributed by atoms with E-state index in [0.29, 0.717) is 43.1 Å². The van der Waals surface area contributed by atoms with Crippen molar-refractivity contribution in [2.24, 2.45) is 5.92 Å². The number of imide groups is 1. The molecule has 2 fully saturated rings. The van der Waals surface area contributed by atoms with E-state index in [0.717, 1.165) is 6.42 Å². The molecule has 3 rings (SSSR count). The van der Waals surface area contributed by atoms with Crippen LogP contribution in [0.1, 0.15) is 26.7 Å². The van der Waals surface area contributed by atoms with Gasteiger partial charge in [-0.3, -0.25) is 19.4 Å². The molecule has 9 heteroatoms. The summed E-state index contributed by atoms with van der Waals surface area (Å²) >= 11 is 3.31. The number of rotatable bonds is 6. The summed E-state index contributed by atoms with van der Waals surface area (Å²) in [4.78, 5) is 28.5. The maximum Gasteiger partial charge on any atom is 0.247 e. The van der Waals surface area contributed by atoms with Crippen molar-refractivity contribution in [3.05, 3.63) is 28.7 Å². The number of piperazine rings is 1. The molecular formula is C19H26BrN3O4S. The second-order valence-electron chi connectivity index (χ2n) is 7.68. The quantitative estimate of drug-likeness (QED) is 0.592. The number of amides is 2. The van der Waals surface area contributed by atoms with Gasteiger partial charge in [-0.05, 0) is 30.5 Å². The molecule has 0 N–H and O–H groups in total. The Bertz CT molecular complexity index is 850. The molecule has 2 saturated heterocycles. The van der Waals surface area contributed by atoms with Gasteiger partial charge in [0.25, 0.3) is 0 Å². The van der Waals surface area contributed by atoms with Crippen LogP contribution in [0.25, 0.3) is 0 Å². The number of carbonyl (C=O) groups is 2. The highest BCUT2D eigenvalue weighted by Crippen LogP contribution is 2.24. The monoisotopic (exact) mass is 471 g/mol. The van der Waals surface area contributed by atoms with E-state index in [1.54, 1.807) is 24.3 Å². The molecule has 1 atom stereocenters. The van der Waals surface area contributed by atoms with E-state index in [2.05, 4.69) is 29.8 Å². The van der Waals surface area contributed by atoms with Crippen molar-refractivity contribution in [3.63, 3.8) is 0 Å². The van der Waals surface area contributed by atoms with Crippen molar-refractivity contribution in [1.29, 1.82) is 0 Å². The van der Waals surface area contributed by atoms with Crippen LogP contribution >= 0.6 is 15.9 Å². The zero-order valence-corrected chi connectivity index (χ0v) is 18.6. The first-order chi connectivity index (χ1) is 13.2. The number of hydrogen-bond donors (Lipinski definition) is 0.